The first-order valence-electron chi connectivity index (χ1n) is 9.55. The molecule has 4 rings (SSSR count). The molecule has 1 aliphatic rings. The van der Waals surface area contributed by atoms with Gasteiger partial charge in [-0.15, -0.1) is 5.10 Å². The van der Waals surface area contributed by atoms with Crippen molar-refractivity contribution in [2.45, 2.75) is 23.8 Å². The Hall–Kier alpha value is -2.66. The molecule has 12 heteroatoms. The average molecular weight is 497 g/mol. The molecule has 1 unspecified atom stereocenters. The first-order valence-corrected chi connectivity index (χ1v) is 11.7. The normalized spacial score (nSPS) is 16.8. The molecule has 0 spiro atoms. The van der Waals surface area contributed by atoms with Crippen molar-refractivity contribution in [3.05, 3.63) is 52.5 Å². The Bertz CT molecular complexity index is 1250. The third-order valence-corrected chi connectivity index (χ3v) is 7.46. The van der Waals surface area contributed by atoms with Crippen molar-refractivity contribution in [1.29, 1.82) is 0 Å². The molecule has 1 N–H and O–H groups in total. The summed E-state index contributed by atoms with van der Waals surface area (Å²) < 4.78 is 37.9. The van der Waals surface area contributed by atoms with Crippen LogP contribution in [-0.4, -0.2) is 48.5 Å². The van der Waals surface area contributed by atoms with Gasteiger partial charge in [-0.2, -0.15) is 4.31 Å². The van der Waals surface area contributed by atoms with Crippen molar-refractivity contribution in [3.63, 3.8) is 0 Å². The van der Waals surface area contributed by atoms with Gasteiger partial charge < -0.3 is 9.15 Å². The van der Waals surface area contributed by atoms with E-state index in [2.05, 4.69) is 15.5 Å². The first-order chi connectivity index (χ1) is 15.3. The number of rotatable bonds is 6. The Labute approximate surface area is 194 Å². The summed E-state index contributed by atoms with van der Waals surface area (Å²) in [6.45, 7) is 0.224. The number of halogens is 2. The third kappa shape index (κ3) is 4.44. The molecule has 9 nitrogen and oxygen atoms in total. The van der Waals surface area contributed by atoms with Gasteiger partial charge >= 0.3 is 6.01 Å². The van der Waals surface area contributed by atoms with E-state index >= 15 is 0 Å². The van der Waals surface area contributed by atoms with Crippen molar-refractivity contribution in [2.75, 3.05) is 19.0 Å². The molecule has 1 aromatic heterocycles. The van der Waals surface area contributed by atoms with Crippen LogP contribution < -0.4 is 10.1 Å². The molecule has 32 heavy (non-hydrogen) atoms. The number of methoxy groups -OCH3 is 1. The fourth-order valence-corrected chi connectivity index (χ4v) is 5.55. The Balaban J connectivity index is 1.51. The number of sulfonamides is 1. The molecule has 168 valence electrons. The molecular formula is C20H18Cl2N4O5S. The van der Waals surface area contributed by atoms with E-state index in [0.29, 0.717) is 34.2 Å². The quantitative estimate of drug-likeness (QED) is 0.550. The zero-order valence-corrected chi connectivity index (χ0v) is 19.1. The first kappa shape index (κ1) is 22.5. The predicted octanol–water partition coefficient (Wildman–Crippen LogP) is 3.84. The molecule has 1 atom stereocenters. The van der Waals surface area contributed by atoms with Crippen molar-refractivity contribution in [3.8, 4) is 17.2 Å². The van der Waals surface area contributed by atoms with Gasteiger partial charge in [-0.05, 0) is 55.3 Å². The predicted molar refractivity (Wildman–Crippen MR) is 118 cm³/mol. The summed E-state index contributed by atoms with van der Waals surface area (Å²) in [4.78, 5) is 12.9. The Morgan fingerprint density at radius 3 is 2.62 bits per heavy atom. The van der Waals surface area contributed by atoms with E-state index in [9.17, 15) is 13.2 Å². The topological polar surface area (TPSA) is 115 Å². The second-order valence-corrected chi connectivity index (χ2v) is 9.71. The summed E-state index contributed by atoms with van der Waals surface area (Å²) in [7, 11) is -2.38. The summed E-state index contributed by atoms with van der Waals surface area (Å²) in [5.74, 6) is 0.0701. The maximum atomic E-state index is 13.1. The van der Waals surface area contributed by atoms with Crippen molar-refractivity contribution in [1.82, 2.24) is 14.5 Å². The molecule has 3 aromatic rings. The largest absolute Gasteiger partial charge is 0.497 e. The highest BCUT2D eigenvalue weighted by Gasteiger charge is 2.40. The standard InChI is InChI=1S/C20H18Cl2N4O5S/c1-30-13-5-7-14(8-6-13)32(28,29)26-10-2-3-17(26)18(27)23-20-25-24-19(31-20)15-9-4-12(21)11-16(15)22/h4-9,11,17H,2-3,10H2,1H3,(H,23,25,27). The highest BCUT2D eigenvalue weighted by Crippen LogP contribution is 2.31. The number of hydrogen-bond acceptors (Lipinski definition) is 7. The van der Waals surface area contributed by atoms with Crippen LogP contribution in [0.25, 0.3) is 11.5 Å². The molecule has 2 aromatic carbocycles. The summed E-state index contributed by atoms with van der Waals surface area (Å²) in [5, 5.41) is 11.0. The highest BCUT2D eigenvalue weighted by molar-refractivity contribution is 7.89. The molecule has 2 heterocycles. The fourth-order valence-electron chi connectivity index (χ4n) is 3.41. The van der Waals surface area contributed by atoms with Gasteiger partial charge in [0.15, 0.2) is 0 Å². The van der Waals surface area contributed by atoms with Crippen molar-refractivity contribution < 1.29 is 22.4 Å². The SMILES string of the molecule is COc1ccc(S(=O)(=O)N2CCCC2C(=O)Nc2nnc(-c3ccc(Cl)cc3Cl)o2)cc1. The molecule has 0 aliphatic carbocycles. The second kappa shape index (κ2) is 9.07. The number of carbonyl (C=O) groups is 1. The van der Waals surface area contributed by atoms with Crippen LogP contribution in [0, 0.1) is 0 Å². The minimum atomic E-state index is -3.88. The minimum Gasteiger partial charge on any atom is -0.497 e. The number of nitrogens with one attached hydrogen (secondary N) is 1. The molecule has 0 bridgehead atoms. The summed E-state index contributed by atoms with van der Waals surface area (Å²) in [5.41, 5.74) is 0.452. The lowest BCUT2D eigenvalue weighted by atomic mass is 10.2. The number of anilines is 1. The van der Waals surface area contributed by atoms with Crippen LogP contribution in [0.15, 0.2) is 51.8 Å². The van der Waals surface area contributed by atoms with Crippen LogP contribution >= 0.6 is 23.2 Å². The van der Waals surface area contributed by atoms with Crippen LogP contribution in [0.3, 0.4) is 0 Å². The minimum absolute atomic E-state index is 0.0791. The fraction of sp³-hybridized carbons (Fsp3) is 0.250. The van der Waals surface area contributed by atoms with Gasteiger partial charge in [0.2, 0.25) is 15.9 Å². The zero-order chi connectivity index (χ0) is 22.9. The smallest absolute Gasteiger partial charge is 0.322 e. The molecule has 1 saturated heterocycles. The second-order valence-electron chi connectivity index (χ2n) is 6.98. The van der Waals surface area contributed by atoms with Crippen LogP contribution in [-0.2, 0) is 14.8 Å². The number of carbonyl (C=O) groups excluding carboxylic acids is 1. The number of ether oxygens (including phenoxy) is 1. The van der Waals surface area contributed by atoms with Gasteiger partial charge in [-0.3, -0.25) is 10.1 Å². The molecule has 1 aliphatic heterocycles. The van der Waals surface area contributed by atoms with Crippen LogP contribution in [0.4, 0.5) is 6.01 Å². The number of benzene rings is 2. The van der Waals surface area contributed by atoms with Crippen LogP contribution in [0.5, 0.6) is 5.75 Å². The van der Waals surface area contributed by atoms with Crippen molar-refractivity contribution in [2.24, 2.45) is 0 Å². The lowest BCUT2D eigenvalue weighted by Crippen LogP contribution is -2.43. The Morgan fingerprint density at radius 1 is 1.19 bits per heavy atom. The van der Waals surface area contributed by atoms with Gasteiger partial charge in [0.25, 0.3) is 5.89 Å². The third-order valence-electron chi connectivity index (χ3n) is 4.99. The lowest BCUT2D eigenvalue weighted by Gasteiger charge is -2.22. The van der Waals surface area contributed by atoms with Crippen LogP contribution in [0.1, 0.15) is 12.8 Å². The van der Waals surface area contributed by atoms with E-state index < -0.39 is 22.0 Å². The number of amides is 1. The van der Waals surface area contributed by atoms with E-state index in [1.165, 1.54) is 29.6 Å². The summed E-state index contributed by atoms with van der Waals surface area (Å²) in [6.07, 6.45) is 0.911. The monoisotopic (exact) mass is 496 g/mol. The Morgan fingerprint density at radius 2 is 1.94 bits per heavy atom. The van der Waals surface area contributed by atoms with Gasteiger partial charge in [0.1, 0.15) is 11.8 Å². The van der Waals surface area contributed by atoms with Gasteiger partial charge in [0.05, 0.1) is 22.6 Å². The van der Waals surface area contributed by atoms with Crippen LogP contribution in [0.2, 0.25) is 10.0 Å². The molecule has 1 amide bonds. The number of hydrogen-bond donors (Lipinski definition) is 1. The summed E-state index contributed by atoms with van der Waals surface area (Å²) in [6, 6.07) is 9.70. The van der Waals surface area contributed by atoms with Crippen molar-refractivity contribution >= 4 is 45.1 Å². The lowest BCUT2D eigenvalue weighted by molar-refractivity contribution is -0.119. The van der Waals surface area contributed by atoms with E-state index in [0.717, 1.165) is 0 Å². The molecular weight excluding hydrogens is 479 g/mol. The zero-order valence-electron chi connectivity index (χ0n) is 16.8. The van der Waals surface area contributed by atoms with E-state index in [1.807, 2.05) is 0 Å². The van der Waals surface area contributed by atoms with Gasteiger partial charge in [0, 0.05) is 11.6 Å². The van der Waals surface area contributed by atoms with Gasteiger partial charge in [-0.25, -0.2) is 8.42 Å². The highest BCUT2D eigenvalue weighted by atomic mass is 35.5. The molecule has 0 radical (unpaired) electrons. The van der Waals surface area contributed by atoms with E-state index in [1.54, 1.807) is 24.3 Å². The maximum absolute atomic E-state index is 13.1. The molecule has 0 saturated carbocycles. The number of nitrogens with zero attached hydrogens (tertiary/aromatic N) is 3. The number of aromatic nitrogens is 2. The summed E-state index contributed by atoms with van der Waals surface area (Å²) >= 11 is 12.0. The van der Waals surface area contributed by atoms with E-state index in [4.69, 9.17) is 32.4 Å². The Kier molecular flexibility index (Phi) is 6.38. The maximum Gasteiger partial charge on any atom is 0.322 e. The average Bonchev–Trinajstić information content (AvgIpc) is 3.44. The molecule has 1 fully saturated rings. The van der Waals surface area contributed by atoms with Gasteiger partial charge in [-0.1, -0.05) is 28.3 Å². The van der Waals surface area contributed by atoms with E-state index in [-0.39, 0.29) is 23.3 Å².